The fraction of sp³-hybridized carbons (Fsp3) is 0.552. The number of allylic oxidation sites excluding steroid dienone is 1. The highest BCUT2D eigenvalue weighted by Gasteiger charge is 2.74. The number of carbonyl (C=O) groups is 5. The highest BCUT2D eigenvalue weighted by Crippen LogP contribution is 2.61. The third kappa shape index (κ3) is 6.41. The van der Waals surface area contributed by atoms with E-state index in [9.17, 15) is 29.1 Å². The second-order valence-electron chi connectivity index (χ2n) is 12.0. The van der Waals surface area contributed by atoms with Gasteiger partial charge in [-0.2, -0.15) is 0 Å². The summed E-state index contributed by atoms with van der Waals surface area (Å²) in [5.41, 5.74) is 6.50. The number of nitrogens with zero attached hydrogens (tertiary/aromatic N) is 1. The number of hydrogen-bond acceptors (Lipinski definition) is 7. The number of primary amides is 1. The van der Waals surface area contributed by atoms with Gasteiger partial charge in [-0.1, -0.05) is 41.9 Å². The van der Waals surface area contributed by atoms with Crippen LogP contribution < -0.4 is 16.4 Å². The van der Waals surface area contributed by atoms with E-state index < -0.39 is 70.2 Å². The first kappa shape index (κ1) is 30.5. The number of ether oxygens (including phenoxy) is 1. The molecule has 3 unspecified atom stereocenters. The van der Waals surface area contributed by atoms with Crippen molar-refractivity contribution in [1.29, 1.82) is 0 Å². The van der Waals surface area contributed by atoms with Crippen LogP contribution in [0, 0.1) is 17.8 Å². The Morgan fingerprint density at radius 1 is 1.20 bits per heavy atom. The summed E-state index contributed by atoms with van der Waals surface area (Å²) in [6, 6.07) is 4.23. The Bertz CT molecular complexity index is 1230. The van der Waals surface area contributed by atoms with Gasteiger partial charge in [0.05, 0.1) is 6.04 Å². The molecule has 12 heteroatoms. The number of Topliss-reactive ketones (excluding diaryl/α,β-unsaturated/α-hetero) is 1. The summed E-state index contributed by atoms with van der Waals surface area (Å²) in [6.07, 6.45) is 2.18. The molecule has 41 heavy (non-hydrogen) atoms. The van der Waals surface area contributed by atoms with Gasteiger partial charge in [0.25, 0.3) is 5.91 Å². The molecule has 6 atom stereocenters. The van der Waals surface area contributed by atoms with Crippen molar-refractivity contribution in [3.05, 3.63) is 48.0 Å². The van der Waals surface area contributed by atoms with E-state index in [0.717, 1.165) is 11.1 Å². The molecule has 0 bridgehead atoms. The number of likely N-dealkylation sites (tertiary alicyclic amines) is 1. The van der Waals surface area contributed by atoms with Crippen LogP contribution in [-0.4, -0.2) is 74.9 Å². The van der Waals surface area contributed by atoms with Crippen molar-refractivity contribution in [3.8, 4) is 0 Å². The van der Waals surface area contributed by atoms with Gasteiger partial charge in [0.15, 0.2) is 0 Å². The molecule has 1 aromatic carbocycles. The molecule has 0 spiro atoms. The molecule has 5 N–H and O–H groups in total. The summed E-state index contributed by atoms with van der Waals surface area (Å²) in [5, 5.41) is 14.2. The van der Waals surface area contributed by atoms with Gasteiger partial charge in [-0.15, -0.1) is 6.58 Å². The molecule has 1 heterocycles. The van der Waals surface area contributed by atoms with E-state index >= 15 is 0 Å². The molecule has 2 fully saturated rings. The molecule has 0 radical (unpaired) electrons. The highest BCUT2D eigenvalue weighted by atomic mass is 35.5. The van der Waals surface area contributed by atoms with E-state index in [1.807, 2.05) is 24.3 Å². The maximum absolute atomic E-state index is 14.2. The van der Waals surface area contributed by atoms with Gasteiger partial charge in [-0.3, -0.25) is 19.2 Å². The number of hydrogen-bond donors (Lipinski definition) is 4. The fourth-order valence-corrected chi connectivity index (χ4v) is 6.39. The lowest BCUT2D eigenvalue weighted by atomic mass is 9.94. The molecule has 11 nitrogen and oxygen atoms in total. The number of alkyl carbamates (subject to hydrolysis) is 1. The van der Waals surface area contributed by atoms with Crippen molar-refractivity contribution in [2.75, 3.05) is 6.54 Å². The molecule has 1 saturated carbocycles. The van der Waals surface area contributed by atoms with Crippen LogP contribution in [0.25, 0.3) is 0 Å². The van der Waals surface area contributed by atoms with Crippen molar-refractivity contribution in [3.63, 3.8) is 0 Å². The Labute approximate surface area is 243 Å². The van der Waals surface area contributed by atoms with Crippen LogP contribution >= 0.6 is 11.6 Å². The summed E-state index contributed by atoms with van der Waals surface area (Å²) >= 11 is 6.27. The van der Waals surface area contributed by atoms with Gasteiger partial charge in [-0.25, -0.2) is 4.79 Å². The molecule has 4 amide bonds. The topological polar surface area (TPSA) is 168 Å². The zero-order valence-electron chi connectivity index (χ0n) is 23.4. The second kappa shape index (κ2) is 11.4. The Morgan fingerprint density at radius 2 is 1.80 bits per heavy atom. The predicted octanol–water partition coefficient (Wildman–Crippen LogP) is 1.18. The lowest BCUT2D eigenvalue weighted by Gasteiger charge is -2.35. The van der Waals surface area contributed by atoms with Gasteiger partial charge < -0.3 is 31.1 Å². The minimum Gasteiger partial charge on any atom is -0.444 e. The molecule has 2 aliphatic carbocycles. The number of alkyl halides is 1. The first-order valence-electron chi connectivity index (χ1n) is 13.7. The number of ketones is 1. The zero-order chi connectivity index (χ0) is 30.3. The number of aliphatic hydroxyl groups is 1. The first-order valence-corrected chi connectivity index (χ1v) is 14.1. The fourth-order valence-electron chi connectivity index (χ4n) is 5.98. The van der Waals surface area contributed by atoms with Crippen molar-refractivity contribution < 1.29 is 33.8 Å². The van der Waals surface area contributed by atoms with Gasteiger partial charge in [0.2, 0.25) is 17.6 Å². The predicted molar refractivity (Wildman–Crippen MR) is 149 cm³/mol. The lowest BCUT2D eigenvalue weighted by molar-refractivity contribution is -0.144. The number of carbonyl (C=O) groups excluding carboxylic acids is 5. The highest BCUT2D eigenvalue weighted by molar-refractivity contribution is 6.37. The van der Waals surface area contributed by atoms with Crippen molar-refractivity contribution in [1.82, 2.24) is 15.5 Å². The molecule has 4 rings (SSSR count). The number of piperidine rings is 1. The second-order valence-corrected chi connectivity index (χ2v) is 12.6. The quantitative estimate of drug-likeness (QED) is 0.181. The third-order valence-corrected chi connectivity index (χ3v) is 8.49. The smallest absolute Gasteiger partial charge is 0.408 e. The Hall–Kier alpha value is -3.44. The molecule has 0 aromatic heterocycles. The molecule has 1 aliphatic heterocycles. The average molecular weight is 589 g/mol. The van der Waals surface area contributed by atoms with Crippen LogP contribution in [0.5, 0.6) is 0 Å². The van der Waals surface area contributed by atoms with E-state index in [1.54, 1.807) is 20.8 Å². The molecule has 1 aromatic rings. The van der Waals surface area contributed by atoms with Crippen LogP contribution in [0.15, 0.2) is 36.9 Å². The van der Waals surface area contributed by atoms with Gasteiger partial charge in [0.1, 0.15) is 22.7 Å². The van der Waals surface area contributed by atoms with E-state index in [1.165, 1.54) is 11.0 Å². The van der Waals surface area contributed by atoms with Crippen LogP contribution in [0.4, 0.5) is 4.79 Å². The molecule has 3 aliphatic rings. The summed E-state index contributed by atoms with van der Waals surface area (Å²) in [6.45, 7) is 8.69. The third-order valence-electron chi connectivity index (χ3n) is 7.96. The van der Waals surface area contributed by atoms with E-state index in [-0.39, 0.29) is 18.9 Å². The Kier molecular flexibility index (Phi) is 8.52. The Balaban J connectivity index is 1.61. The van der Waals surface area contributed by atoms with Crippen LogP contribution in [0.3, 0.4) is 0 Å². The maximum Gasteiger partial charge on any atom is 0.408 e. The van der Waals surface area contributed by atoms with Gasteiger partial charge in [0, 0.05) is 18.4 Å². The Morgan fingerprint density at radius 3 is 2.34 bits per heavy atom. The maximum atomic E-state index is 14.2. The largest absolute Gasteiger partial charge is 0.444 e. The minimum absolute atomic E-state index is 0.0329. The van der Waals surface area contributed by atoms with E-state index in [4.69, 9.17) is 22.1 Å². The molecular weight excluding hydrogens is 552 g/mol. The average Bonchev–Trinajstić information content (AvgIpc) is 3.26. The number of amides is 4. The van der Waals surface area contributed by atoms with E-state index in [2.05, 4.69) is 17.2 Å². The first-order chi connectivity index (χ1) is 19.2. The normalized spacial score (nSPS) is 26.3. The summed E-state index contributed by atoms with van der Waals surface area (Å²) in [5.74, 6) is -5.20. The van der Waals surface area contributed by atoms with Crippen molar-refractivity contribution >= 4 is 41.2 Å². The minimum atomic E-state index is -1.71. The molecular formula is C29H37ClN4O7. The number of halogens is 1. The number of nitrogens with two attached hydrogens (primary N) is 1. The molecule has 222 valence electrons. The monoisotopic (exact) mass is 588 g/mol. The summed E-state index contributed by atoms with van der Waals surface area (Å²) in [4.78, 5) is 66.0. The molecule has 1 saturated heterocycles. The van der Waals surface area contributed by atoms with Crippen molar-refractivity contribution in [2.24, 2.45) is 23.5 Å². The van der Waals surface area contributed by atoms with Crippen LogP contribution in [0.2, 0.25) is 0 Å². The van der Waals surface area contributed by atoms with Crippen molar-refractivity contribution in [2.45, 2.75) is 75.2 Å². The summed E-state index contributed by atoms with van der Waals surface area (Å²) < 4.78 is 5.44. The number of benzene rings is 1. The summed E-state index contributed by atoms with van der Waals surface area (Å²) in [7, 11) is 0. The lowest BCUT2D eigenvalue weighted by Crippen LogP contribution is -2.60. The van der Waals surface area contributed by atoms with Crippen LogP contribution in [-0.2, 0) is 36.8 Å². The van der Waals surface area contributed by atoms with Gasteiger partial charge >= 0.3 is 6.09 Å². The van der Waals surface area contributed by atoms with Gasteiger partial charge in [-0.05, 0) is 63.5 Å². The van der Waals surface area contributed by atoms with Crippen LogP contribution in [0.1, 0.15) is 44.7 Å². The number of nitrogens with one attached hydrogen (secondary N) is 2. The number of rotatable bonds is 10. The van der Waals surface area contributed by atoms with E-state index in [0.29, 0.717) is 19.3 Å². The zero-order valence-corrected chi connectivity index (χ0v) is 24.1. The number of fused-ring (bicyclic) bond motifs is 2. The SMILES string of the molecule is C=CCCC(NC(=O)[C@@H]1[C@@H]2[C@H](CN1C(=O)C(NC(=O)OC(C)(C)C)C1Cc3ccccc3C1)C2(O)Cl)C(=O)C(N)=O. The standard InChI is InChI=1S/C29H37ClN4O7/c1-5-6-11-19(23(35)24(31)36)32-25(37)22-20-18(29(20,30)40)14-34(22)26(38)21(33-27(39)41-28(2,3)4)17-12-15-9-7-8-10-16(15)13-17/h5,7-10,17-22,40H,1,6,11-14H2,2-4H3,(H2,31,36)(H,32,37)(H,33,39)/t18-,19?,20-,21?,22-,29?/m0/s1.